The first kappa shape index (κ1) is 21.9. The topological polar surface area (TPSA) is 46.2 Å². The van der Waals surface area contributed by atoms with Crippen molar-refractivity contribution in [3.63, 3.8) is 0 Å². The van der Waals surface area contributed by atoms with Crippen molar-refractivity contribution in [3.8, 4) is 0 Å². The van der Waals surface area contributed by atoms with E-state index in [4.69, 9.17) is 5.73 Å². The zero-order valence-electron chi connectivity index (χ0n) is 19.8. The summed E-state index contributed by atoms with van der Waals surface area (Å²) in [5.74, 6) is 4.77. The molecule has 3 fully saturated rings. The number of hydrogen-bond donors (Lipinski definition) is 2. The van der Waals surface area contributed by atoms with E-state index in [0.29, 0.717) is 16.7 Å². The third kappa shape index (κ3) is 3.65. The Bertz CT molecular complexity index is 626. The van der Waals surface area contributed by atoms with Crippen LogP contribution in [0.1, 0.15) is 98.8 Å². The smallest absolute Gasteiger partial charge is 0.0577 e. The van der Waals surface area contributed by atoms with E-state index in [-0.39, 0.29) is 12.1 Å². The van der Waals surface area contributed by atoms with Crippen LogP contribution in [0.15, 0.2) is 11.6 Å². The molecule has 2 nitrogen and oxygen atoms in total. The van der Waals surface area contributed by atoms with E-state index < -0.39 is 0 Å². The van der Waals surface area contributed by atoms with Crippen LogP contribution in [0.3, 0.4) is 0 Å². The molecule has 2 heteroatoms. The maximum absolute atomic E-state index is 10.3. The second kappa shape index (κ2) is 7.97. The molecule has 0 aliphatic heterocycles. The second-order valence-electron chi connectivity index (χ2n) is 12.4. The highest BCUT2D eigenvalue weighted by Gasteiger charge is 2.60. The SMILES string of the molecule is CC(C)CCC[C@@H](C)C1CCC2C3C(N)C=C4C[C@@H](O)CC[C@]4(C)C3CC[C@@]21C. The Labute approximate surface area is 180 Å². The van der Waals surface area contributed by atoms with E-state index >= 15 is 0 Å². The largest absolute Gasteiger partial charge is 0.393 e. The zero-order valence-corrected chi connectivity index (χ0v) is 19.8. The minimum atomic E-state index is -0.144. The molecule has 0 aromatic heterocycles. The average Bonchev–Trinajstić information content (AvgIpc) is 3.00. The van der Waals surface area contributed by atoms with Crippen molar-refractivity contribution in [1.29, 1.82) is 0 Å². The molecular formula is C27H47NO. The van der Waals surface area contributed by atoms with E-state index in [2.05, 4.69) is 40.7 Å². The number of aliphatic hydroxyl groups is 1. The lowest BCUT2D eigenvalue weighted by molar-refractivity contribution is -0.0632. The molecule has 4 aliphatic rings. The summed E-state index contributed by atoms with van der Waals surface area (Å²) in [5, 5.41) is 10.3. The lowest BCUT2D eigenvalue weighted by Crippen LogP contribution is -2.56. The summed E-state index contributed by atoms with van der Waals surface area (Å²) >= 11 is 0. The average molecular weight is 402 g/mol. The standard InChI is InChI=1S/C27H47NO/c1-17(2)7-6-8-18(3)21-9-10-22-25-23(12-14-27(21,22)5)26(4)13-11-20(29)15-19(26)16-24(25)28/h16-18,20-25,29H,6-15,28H2,1-5H3/t18-,20+,21?,22?,23?,24?,25?,26+,27-/m1/s1. The van der Waals surface area contributed by atoms with Crippen LogP contribution in [0.25, 0.3) is 0 Å². The fourth-order valence-corrected chi connectivity index (χ4v) is 8.74. The van der Waals surface area contributed by atoms with Crippen molar-refractivity contribution < 1.29 is 5.11 Å². The molecule has 0 spiro atoms. The first-order valence-electron chi connectivity index (χ1n) is 12.8. The quantitative estimate of drug-likeness (QED) is 0.529. The predicted molar refractivity (Wildman–Crippen MR) is 122 cm³/mol. The van der Waals surface area contributed by atoms with Crippen LogP contribution < -0.4 is 5.73 Å². The van der Waals surface area contributed by atoms with Crippen molar-refractivity contribution in [3.05, 3.63) is 11.6 Å². The Hall–Kier alpha value is -0.340. The molecule has 0 radical (unpaired) electrons. The molecule has 0 heterocycles. The van der Waals surface area contributed by atoms with Crippen LogP contribution in [-0.2, 0) is 0 Å². The van der Waals surface area contributed by atoms with Gasteiger partial charge < -0.3 is 10.8 Å². The summed E-state index contributed by atoms with van der Waals surface area (Å²) in [6.45, 7) is 12.4. The number of hydrogen-bond acceptors (Lipinski definition) is 2. The predicted octanol–water partition coefficient (Wildman–Crippen LogP) is 6.33. The number of fused-ring (bicyclic) bond motifs is 5. The minimum Gasteiger partial charge on any atom is -0.393 e. The maximum Gasteiger partial charge on any atom is 0.0577 e. The van der Waals surface area contributed by atoms with Gasteiger partial charge in [-0.05, 0) is 91.3 Å². The van der Waals surface area contributed by atoms with Crippen molar-refractivity contribution in [2.45, 2.75) is 111 Å². The molecule has 9 atom stereocenters. The van der Waals surface area contributed by atoms with Gasteiger partial charge >= 0.3 is 0 Å². The number of rotatable bonds is 5. The monoisotopic (exact) mass is 401 g/mol. The van der Waals surface area contributed by atoms with Gasteiger partial charge in [0, 0.05) is 6.04 Å². The zero-order chi connectivity index (χ0) is 21.0. The van der Waals surface area contributed by atoms with Gasteiger partial charge in [-0.15, -0.1) is 0 Å². The Morgan fingerprint density at radius 3 is 2.52 bits per heavy atom. The molecular weight excluding hydrogens is 354 g/mol. The van der Waals surface area contributed by atoms with Gasteiger partial charge in [-0.3, -0.25) is 0 Å². The summed E-state index contributed by atoms with van der Waals surface area (Å²) in [4.78, 5) is 0. The molecule has 0 aromatic carbocycles. The van der Waals surface area contributed by atoms with Crippen LogP contribution >= 0.6 is 0 Å². The highest BCUT2D eigenvalue weighted by atomic mass is 16.3. The summed E-state index contributed by atoms with van der Waals surface area (Å²) < 4.78 is 0. The van der Waals surface area contributed by atoms with Crippen LogP contribution in [-0.4, -0.2) is 17.3 Å². The summed E-state index contributed by atoms with van der Waals surface area (Å²) in [7, 11) is 0. The van der Waals surface area contributed by atoms with Gasteiger partial charge in [-0.25, -0.2) is 0 Å². The van der Waals surface area contributed by atoms with E-state index in [9.17, 15) is 5.11 Å². The molecule has 0 bridgehead atoms. The molecule has 4 rings (SSSR count). The Kier molecular flexibility index (Phi) is 6.01. The fraction of sp³-hybridized carbons (Fsp3) is 0.926. The molecule has 0 saturated heterocycles. The van der Waals surface area contributed by atoms with Crippen molar-refractivity contribution in [2.24, 2.45) is 52.1 Å². The minimum absolute atomic E-state index is 0.144. The molecule has 3 saturated carbocycles. The number of nitrogens with two attached hydrogens (primary N) is 1. The van der Waals surface area contributed by atoms with Crippen LogP contribution in [0, 0.1) is 46.3 Å². The maximum atomic E-state index is 10.3. The normalized spacial score (nSPS) is 47.9. The molecule has 4 aliphatic carbocycles. The number of aliphatic hydroxyl groups excluding tert-OH is 1. The van der Waals surface area contributed by atoms with E-state index in [1.165, 1.54) is 50.5 Å². The van der Waals surface area contributed by atoms with Crippen LogP contribution in [0.2, 0.25) is 0 Å². The van der Waals surface area contributed by atoms with Crippen molar-refractivity contribution in [2.75, 3.05) is 0 Å². The van der Waals surface area contributed by atoms with Crippen molar-refractivity contribution in [1.82, 2.24) is 0 Å². The second-order valence-corrected chi connectivity index (χ2v) is 12.4. The van der Waals surface area contributed by atoms with E-state index in [1.807, 2.05) is 0 Å². The van der Waals surface area contributed by atoms with Crippen LogP contribution in [0.4, 0.5) is 0 Å². The van der Waals surface area contributed by atoms with E-state index in [0.717, 1.165) is 48.9 Å². The molecule has 29 heavy (non-hydrogen) atoms. The van der Waals surface area contributed by atoms with Gasteiger partial charge in [0.1, 0.15) is 0 Å². The Morgan fingerprint density at radius 2 is 1.79 bits per heavy atom. The molecule has 3 N–H and O–H groups in total. The Morgan fingerprint density at radius 1 is 1.03 bits per heavy atom. The van der Waals surface area contributed by atoms with Gasteiger partial charge in [-0.1, -0.05) is 65.5 Å². The summed E-state index contributed by atoms with van der Waals surface area (Å²) in [6.07, 6.45) is 15.0. The summed E-state index contributed by atoms with van der Waals surface area (Å²) in [5.41, 5.74) is 9.17. The lowest BCUT2D eigenvalue weighted by atomic mass is 9.46. The third-order valence-electron chi connectivity index (χ3n) is 10.4. The highest BCUT2D eigenvalue weighted by molar-refractivity contribution is 5.28. The van der Waals surface area contributed by atoms with Gasteiger partial charge in [0.2, 0.25) is 0 Å². The van der Waals surface area contributed by atoms with Crippen LogP contribution in [0.5, 0.6) is 0 Å². The first-order chi connectivity index (χ1) is 13.7. The Balaban J connectivity index is 1.54. The molecule has 166 valence electrons. The van der Waals surface area contributed by atoms with Crippen molar-refractivity contribution >= 4 is 0 Å². The lowest BCUT2D eigenvalue weighted by Gasteiger charge is -2.60. The van der Waals surface area contributed by atoms with Gasteiger partial charge in [0.25, 0.3) is 0 Å². The van der Waals surface area contributed by atoms with E-state index in [1.54, 1.807) is 0 Å². The highest BCUT2D eigenvalue weighted by Crippen LogP contribution is 2.67. The van der Waals surface area contributed by atoms with Gasteiger partial charge in [0.15, 0.2) is 0 Å². The molecule has 5 unspecified atom stereocenters. The summed E-state index contributed by atoms with van der Waals surface area (Å²) in [6, 6.07) is 0.202. The first-order valence-corrected chi connectivity index (χ1v) is 12.8. The molecule has 0 aromatic rings. The van der Waals surface area contributed by atoms with Gasteiger partial charge in [-0.2, -0.15) is 0 Å². The molecule has 0 amide bonds. The third-order valence-corrected chi connectivity index (χ3v) is 10.4. The fourth-order valence-electron chi connectivity index (χ4n) is 8.74. The van der Waals surface area contributed by atoms with Gasteiger partial charge in [0.05, 0.1) is 6.10 Å².